The van der Waals surface area contributed by atoms with E-state index in [1.54, 1.807) is 0 Å². The van der Waals surface area contributed by atoms with Crippen LogP contribution < -0.4 is 5.32 Å². The summed E-state index contributed by atoms with van der Waals surface area (Å²) in [5.41, 5.74) is 2.98. The maximum atomic E-state index is 4.34. The number of nitrogens with zero attached hydrogens (tertiary/aromatic N) is 1. The standard InChI is InChI=1S/C11H19N3/c1-5-12-10-8-9(13-14-10)7(2)6-11(8,3)4/h7H,5-6H2,1-4H3,(H2,12,13,14). The normalized spacial score (nSPS) is 23.6. The van der Waals surface area contributed by atoms with Crippen molar-refractivity contribution in [2.45, 2.75) is 45.4 Å². The largest absolute Gasteiger partial charge is 0.369 e. The van der Waals surface area contributed by atoms with Gasteiger partial charge in [0.25, 0.3) is 0 Å². The molecule has 0 fully saturated rings. The third-order valence-electron chi connectivity index (χ3n) is 3.12. The molecular formula is C11H19N3. The fourth-order valence-electron chi connectivity index (χ4n) is 2.66. The maximum Gasteiger partial charge on any atom is 0.151 e. The van der Waals surface area contributed by atoms with Gasteiger partial charge in [0, 0.05) is 17.8 Å². The van der Waals surface area contributed by atoms with Gasteiger partial charge in [-0.05, 0) is 24.7 Å². The molecule has 0 bridgehead atoms. The second-order valence-corrected chi connectivity index (χ2v) is 4.88. The summed E-state index contributed by atoms with van der Waals surface area (Å²) in [7, 11) is 0. The molecule has 1 atom stereocenters. The van der Waals surface area contributed by atoms with E-state index in [9.17, 15) is 0 Å². The quantitative estimate of drug-likeness (QED) is 0.758. The van der Waals surface area contributed by atoms with Gasteiger partial charge >= 0.3 is 0 Å². The van der Waals surface area contributed by atoms with Crippen LogP contribution in [0.25, 0.3) is 0 Å². The third-order valence-corrected chi connectivity index (χ3v) is 3.12. The summed E-state index contributed by atoms with van der Waals surface area (Å²) in [4.78, 5) is 0. The van der Waals surface area contributed by atoms with E-state index in [1.807, 2.05) is 0 Å². The molecule has 0 aliphatic heterocycles. The zero-order valence-electron chi connectivity index (χ0n) is 9.44. The van der Waals surface area contributed by atoms with E-state index in [4.69, 9.17) is 0 Å². The number of fused-ring (bicyclic) bond motifs is 1. The maximum absolute atomic E-state index is 4.34. The van der Waals surface area contributed by atoms with Crippen LogP contribution in [0, 0.1) is 0 Å². The molecule has 1 aliphatic rings. The van der Waals surface area contributed by atoms with Gasteiger partial charge < -0.3 is 5.32 Å². The van der Waals surface area contributed by atoms with E-state index >= 15 is 0 Å². The van der Waals surface area contributed by atoms with Crippen LogP contribution in [0.1, 0.15) is 51.3 Å². The molecular weight excluding hydrogens is 174 g/mol. The second kappa shape index (κ2) is 3.01. The van der Waals surface area contributed by atoms with Crippen molar-refractivity contribution in [3.05, 3.63) is 11.3 Å². The van der Waals surface area contributed by atoms with E-state index in [0.717, 1.165) is 12.4 Å². The Balaban J connectivity index is 2.45. The van der Waals surface area contributed by atoms with Crippen molar-refractivity contribution in [1.82, 2.24) is 10.2 Å². The predicted octanol–water partition coefficient (Wildman–Crippen LogP) is 2.63. The Labute approximate surface area is 85.3 Å². The van der Waals surface area contributed by atoms with Gasteiger partial charge in [-0.1, -0.05) is 20.8 Å². The van der Waals surface area contributed by atoms with Crippen LogP contribution in [0.4, 0.5) is 5.82 Å². The molecule has 2 N–H and O–H groups in total. The summed E-state index contributed by atoms with van der Waals surface area (Å²) in [5, 5.41) is 10.8. The summed E-state index contributed by atoms with van der Waals surface area (Å²) in [6, 6.07) is 0. The van der Waals surface area contributed by atoms with Gasteiger partial charge in [-0.15, -0.1) is 0 Å². The van der Waals surface area contributed by atoms with Crippen molar-refractivity contribution in [2.24, 2.45) is 0 Å². The topological polar surface area (TPSA) is 40.7 Å². The number of nitrogens with one attached hydrogen (secondary N) is 2. The molecule has 0 aromatic carbocycles. The minimum Gasteiger partial charge on any atom is -0.369 e. The lowest BCUT2D eigenvalue weighted by Gasteiger charge is -2.19. The van der Waals surface area contributed by atoms with Crippen molar-refractivity contribution in [2.75, 3.05) is 11.9 Å². The number of hydrogen-bond acceptors (Lipinski definition) is 2. The molecule has 78 valence electrons. The first-order chi connectivity index (χ1) is 6.56. The summed E-state index contributed by atoms with van der Waals surface area (Å²) >= 11 is 0. The highest BCUT2D eigenvalue weighted by Crippen LogP contribution is 2.47. The van der Waals surface area contributed by atoms with Crippen LogP contribution in [0.2, 0.25) is 0 Å². The fraction of sp³-hybridized carbons (Fsp3) is 0.727. The summed E-state index contributed by atoms with van der Waals surface area (Å²) in [6.07, 6.45) is 1.22. The molecule has 1 aliphatic carbocycles. The molecule has 2 rings (SSSR count). The van der Waals surface area contributed by atoms with Gasteiger partial charge in [0.05, 0.1) is 0 Å². The molecule has 1 aromatic heterocycles. The monoisotopic (exact) mass is 193 g/mol. The molecule has 0 radical (unpaired) electrons. The van der Waals surface area contributed by atoms with Crippen molar-refractivity contribution in [1.29, 1.82) is 0 Å². The minimum atomic E-state index is 0.263. The Morgan fingerprint density at radius 2 is 2.29 bits per heavy atom. The van der Waals surface area contributed by atoms with E-state index < -0.39 is 0 Å². The molecule has 14 heavy (non-hydrogen) atoms. The SMILES string of the molecule is CCNc1n[nH]c2c1C(C)(C)CC2C. The Hall–Kier alpha value is -0.990. The Morgan fingerprint density at radius 1 is 1.57 bits per heavy atom. The summed E-state index contributed by atoms with van der Waals surface area (Å²) < 4.78 is 0. The van der Waals surface area contributed by atoms with Crippen molar-refractivity contribution >= 4 is 5.82 Å². The Bertz CT molecular complexity index is 338. The number of anilines is 1. The fourth-order valence-corrected chi connectivity index (χ4v) is 2.66. The van der Waals surface area contributed by atoms with E-state index in [0.29, 0.717) is 5.92 Å². The average Bonchev–Trinajstić information content (AvgIpc) is 2.56. The summed E-state index contributed by atoms with van der Waals surface area (Å²) in [6.45, 7) is 9.90. The molecule has 1 aromatic rings. The molecule has 0 saturated heterocycles. The highest BCUT2D eigenvalue weighted by Gasteiger charge is 2.39. The number of aromatic nitrogens is 2. The van der Waals surface area contributed by atoms with Gasteiger partial charge in [-0.3, -0.25) is 5.10 Å². The van der Waals surface area contributed by atoms with Crippen LogP contribution in [0.3, 0.4) is 0 Å². The zero-order valence-corrected chi connectivity index (χ0v) is 9.44. The highest BCUT2D eigenvalue weighted by molar-refractivity contribution is 5.54. The van der Waals surface area contributed by atoms with Gasteiger partial charge in [-0.2, -0.15) is 5.10 Å². The van der Waals surface area contributed by atoms with Crippen molar-refractivity contribution < 1.29 is 0 Å². The number of H-pyrrole nitrogens is 1. The molecule has 3 heteroatoms. The molecule has 0 amide bonds. The van der Waals surface area contributed by atoms with Crippen LogP contribution in [0.15, 0.2) is 0 Å². The smallest absolute Gasteiger partial charge is 0.151 e. The van der Waals surface area contributed by atoms with E-state index in [2.05, 4.69) is 43.2 Å². The molecule has 0 spiro atoms. The highest BCUT2D eigenvalue weighted by atomic mass is 15.2. The predicted molar refractivity (Wildman–Crippen MR) is 58.8 cm³/mol. The molecule has 1 unspecified atom stereocenters. The van der Waals surface area contributed by atoms with E-state index in [-0.39, 0.29) is 5.41 Å². The number of aromatic amines is 1. The van der Waals surface area contributed by atoms with Crippen LogP contribution in [-0.4, -0.2) is 16.7 Å². The zero-order chi connectivity index (χ0) is 10.3. The van der Waals surface area contributed by atoms with Gasteiger partial charge in [0.15, 0.2) is 5.82 Å². The lowest BCUT2D eigenvalue weighted by atomic mass is 9.86. The summed E-state index contributed by atoms with van der Waals surface area (Å²) in [5.74, 6) is 1.66. The number of rotatable bonds is 2. The lowest BCUT2D eigenvalue weighted by Crippen LogP contribution is -2.14. The first-order valence-corrected chi connectivity index (χ1v) is 5.39. The molecule has 1 heterocycles. The van der Waals surface area contributed by atoms with Crippen molar-refractivity contribution in [3.8, 4) is 0 Å². The number of hydrogen-bond donors (Lipinski definition) is 2. The van der Waals surface area contributed by atoms with Crippen LogP contribution in [0.5, 0.6) is 0 Å². The Morgan fingerprint density at radius 3 is 2.93 bits per heavy atom. The second-order valence-electron chi connectivity index (χ2n) is 4.88. The third kappa shape index (κ3) is 1.22. The van der Waals surface area contributed by atoms with Gasteiger partial charge in [0.2, 0.25) is 0 Å². The van der Waals surface area contributed by atoms with Crippen molar-refractivity contribution in [3.63, 3.8) is 0 Å². The van der Waals surface area contributed by atoms with Gasteiger partial charge in [-0.25, -0.2) is 0 Å². The van der Waals surface area contributed by atoms with Crippen LogP contribution in [-0.2, 0) is 5.41 Å². The minimum absolute atomic E-state index is 0.263. The lowest BCUT2D eigenvalue weighted by molar-refractivity contribution is 0.485. The first-order valence-electron chi connectivity index (χ1n) is 5.39. The molecule has 0 saturated carbocycles. The Kier molecular flexibility index (Phi) is 2.05. The van der Waals surface area contributed by atoms with E-state index in [1.165, 1.54) is 17.7 Å². The first kappa shape index (κ1) is 9.56. The molecule has 3 nitrogen and oxygen atoms in total. The van der Waals surface area contributed by atoms with Gasteiger partial charge in [0.1, 0.15) is 0 Å². The van der Waals surface area contributed by atoms with Crippen LogP contribution >= 0.6 is 0 Å². The average molecular weight is 193 g/mol.